The summed E-state index contributed by atoms with van der Waals surface area (Å²) in [6, 6.07) is 0.474. The fraction of sp³-hybridized carbons (Fsp3) is 1.00. The predicted octanol–water partition coefficient (Wildman–Crippen LogP) is 2.46. The van der Waals surface area contributed by atoms with E-state index < -0.39 is 10.8 Å². The molecule has 1 fully saturated rings. The zero-order valence-electron chi connectivity index (χ0n) is 10.1. The maximum absolute atomic E-state index is 12.1. The van der Waals surface area contributed by atoms with Crippen LogP contribution in [0.15, 0.2) is 0 Å². The number of hydrogen-bond acceptors (Lipinski definition) is 2. The van der Waals surface area contributed by atoms with Crippen molar-refractivity contribution in [3.8, 4) is 0 Å². The van der Waals surface area contributed by atoms with Crippen molar-refractivity contribution < 1.29 is 4.21 Å². The maximum atomic E-state index is 12.1. The summed E-state index contributed by atoms with van der Waals surface area (Å²) in [5, 5.41) is 3.95. The molecule has 0 amide bonds. The molecule has 0 saturated heterocycles. The van der Waals surface area contributed by atoms with Crippen LogP contribution in [0.4, 0.5) is 0 Å². The molecule has 90 valence electrons. The van der Waals surface area contributed by atoms with E-state index in [0.717, 1.165) is 18.7 Å². The lowest BCUT2D eigenvalue weighted by Gasteiger charge is -2.18. The minimum Gasteiger partial charge on any atom is -0.313 e. The van der Waals surface area contributed by atoms with Crippen molar-refractivity contribution >= 4 is 10.8 Å². The summed E-state index contributed by atoms with van der Waals surface area (Å²) in [6.07, 6.45) is 7.30. The van der Waals surface area contributed by atoms with Gasteiger partial charge in [0.25, 0.3) is 0 Å². The standard InChI is InChI=1S/C12H25NOS/c1-3-7-11(13-4-2)10-15(14)12-8-5-6-9-12/h11-13H,3-10H2,1-2H3. The second kappa shape index (κ2) is 7.39. The highest BCUT2D eigenvalue weighted by Crippen LogP contribution is 2.23. The summed E-state index contributed by atoms with van der Waals surface area (Å²) in [6.45, 7) is 5.32. The number of rotatable bonds is 7. The van der Waals surface area contributed by atoms with Crippen molar-refractivity contribution in [2.45, 2.75) is 63.7 Å². The average Bonchev–Trinajstić information content (AvgIpc) is 2.71. The molecule has 1 aliphatic carbocycles. The molecule has 0 aromatic heterocycles. The van der Waals surface area contributed by atoms with Gasteiger partial charge in [-0.2, -0.15) is 0 Å². The Morgan fingerprint density at radius 2 is 2.00 bits per heavy atom. The smallest absolute Gasteiger partial charge is 0.0391 e. The molecule has 2 unspecified atom stereocenters. The van der Waals surface area contributed by atoms with Crippen molar-refractivity contribution in [2.75, 3.05) is 12.3 Å². The fourth-order valence-corrected chi connectivity index (χ4v) is 4.18. The van der Waals surface area contributed by atoms with Crippen LogP contribution in [0.1, 0.15) is 52.4 Å². The Kier molecular flexibility index (Phi) is 6.50. The van der Waals surface area contributed by atoms with E-state index in [1.807, 2.05) is 0 Å². The number of nitrogens with one attached hydrogen (secondary N) is 1. The van der Waals surface area contributed by atoms with Crippen molar-refractivity contribution in [1.82, 2.24) is 5.32 Å². The van der Waals surface area contributed by atoms with Crippen LogP contribution < -0.4 is 5.32 Å². The van der Waals surface area contributed by atoms with Crippen LogP contribution in [0.2, 0.25) is 0 Å². The summed E-state index contributed by atoms with van der Waals surface area (Å²) in [7, 11) is -0.591. The van der Waals surface area contributed by atoms with Gasteiger partial charge in [-0.25, -0.2) is 0 Å². The molecule has 0 heterocycles. The molecule has 0 aromatic carbocycles. The first-order valence-corrected chi connectivity index (χ1v) is 7.76. The molecule has 2 atom stereocenters. The largest absolute Gasteiger partial charge is 0.313 e. The molecule has 0 aromatic rings. The summed E-state index contributed by atoms with van der Waals surface area (Å²) >= 11 is 0. The zero-order valence-corrected chi connectivity index (χ0v) is 10.9. The highest BCUT2D eigenvalue weighted by Gasteiger charge is 2.23. The first-order valence-electron chi connectivity index (χ1n) is 6.38. The highest BCUT2D eigenvalue weighted by atomic mass is 32.2. The van der Waals surface area contributed by atoms with Gasteiger partial charge < -0.3 is 5.32 Å². The zero-order chi connectivity index (χ0) is 11.1. The Labute approximate surface area is 96.7 Å². The number of hydrogen-bond donors (Lipinski definition) is 1. The first kappa shape index (κ1) is 13.2. The van der Waals surface area contributed by atoms with Gasteiger partial charge in [0.2, 0.25) is 0 Å². The molecule has 0 bridgehead atoms. The van der Waals surface area contributed by atoms with Crippen LogP contribution in [-0.2, 0) is 10.8 Å². The van der Waals surface area contributed by atoms with Gasteiger partial charge in [0, 0.05) is 27.8 Å². The van der Waals surface area contributed by atoms with Crippen LogP contribution >= 0.6 is 0 Å². The Balaban J connectivity index is 2.31. The van der Waals surface area contributed by atoms with Crippen LogP contribution in [-0.4, -0.2) is 27.8 Å². The molecular formula is C12H25NOS. The Hall–Kier alpha value is 0.110. The molecule has 0 radical (unpaired) electrons. The van der Waals surface area contributed by atoms with E-state index in [1.54, 1.807) is 0 Å². The van der Waals surface area contributed by atoms with Crippen LogP contribution in [0.25, 0.3) is 0 Å². The van der Waals surface area contributed by atoms with Crippen LogP contribution in [0, 0.1) is 0 Å². The van der Waals surface area contributed by atoms with E-state index in [-0.39, 0.29) is 0 Å². The third-order valence-electron chi connectivity index (χ3n) is 3.17. The van der Waals surface area contributed by atoms with Crippen molar-refractivity contribution in [1.29, 1.82) is 0 Å². The molecule has 0 spiro atoms. The van der Waals surface area contributed by atoms with Gasteiger partial charge in [0.1, 0.15) is 0 Å². The lowest BCUT2D eigenvalue weighted by atomic mass is 10.2. The maximum Gasteiger partial charge on any atom is 0.0391 e. The van der Waals surface area contributed by atoms with Crippen molar-refractivity contribution in [2.24, 2.45) is 0 Å². The quantitative estimate of drug-likeness (QED) is 0.729. The lowest BCUT2D eigenvalue weighted by Crippen LogP contribution is -2.35. The summed E-state index contributed by atoms with van der Waals surface area (Å²) < 4.78 is 12.1. The average molecular weight is 231 g/mol. The SMILES string of the molecule is CCCC(CS(=O)C1CCCC1)NCC. The highest BCUT2D eigenvalue weighted by molar-refractivity contribution is 7.85. The second-order valence-corrected chi connectivity index (χ2v) is 6.26. The molecular weight excluding hydrogens is 206 g/mol. The van der Waals surface area contributed by atoms with E-state index in [4.69, 9.17) is 0 Å². The van der Waals surface area contributed by atoms with Gasteiger partial charge in [-0.1, -0.05) is 33.1 Å². The van der Waals surface area contributed by atoms with E-state index in [1.165, 1.54) is 32.1 Å². The topological polar surface area (TPSA) is 29.1 Å². The molecule has 0 aliphatic heterocycles. The molecule has 1 saturated carbocycles. The summed E-state index contributed by atoms with van der Waals surface area (Å²) in [4.78, 5) is 0. The van der Waals surface area contributed by atoms with Gasteiger partial charge in [0.15, 0.2) is 0 Å². The van der Waals surface area contributed by atoms with Gasteiger partial charge in [0.05, 0.1) is 0 Å². The molecule has 2 nitrogen and oxygen atoms in total. The minimum absolute atomic E-state index is 0.474. The van der Waals surface area contributed by atoms with Crippen molar-refractivity contribution in [3.05, 3.63) is 0 Å². The van der Waals surface area contributed by atoms with Gasteiger partial charge in [-0.15, -0.1) is 0 Å². The predicted molar refractivity (Wildman–Crippen MR) is 67.6 cm³/mol. The lowest BCUT2D eigenvalue weighted by molar-refractivity contribution is 0.524. The third-order valence-corrected chi connectivity index (χ3v) is 5.12. The van der Waals surface area contributed by atoms with Crippen LogP contribution in [0.5, 0.6) is 0 Å². The van der Waals surface area contributed by atoms with Gasteiger partial charge >= 0.3 is 0 Å². The van der Waals surface area contributed by atoms with Crippen molar-refractivity contribution in [3.63, 3.8) is 0 Å². The van der Waals surface area contributed by atoms with Crippen LogP contribution in [0.3, 0.4) is 0 Å². The molecule has 1 N–H and O–H groups in total. The molecule has 1 aliphatic rings. The molecule has 3 heteroatoms. The van der Waals surface area contributed by atoms with E-state index in [9.17, 15) is 4.21 Å². The normalized spacial score (nSPS) is 21.7. The first-order chi connectivity index (χ1) is 7.27. The second-order valence-electron chi connectivity index (χ2n) is 4.50. The van der Waals surface area contributed by atoms with Gasteiger partial charge in [-0.3, -0.25) is 4.21 Å². The van der Waals surface area contributed by atoms with E-state index in [0.29, 0.717) is 11.3 Å². The minimum atomic E-state index is -0.591. The monoisotopic (exact) mass is 231 g/mol. The third kappa shape index (κ3) is 4.64. The Bertz CT molecular complexity index is 184. The Morgan fingerprint density at radius 1 is 1.33 bits per heavy atom. The fourth-order valence-electron chi connectivity index (χ4n) is 2.37. The Morgan fingerprint density at radius 3 is 2.53 bits per heavy atom. The summed E-state index contributed by atoms with van der Waals surface area (Å²) in [5.41, 5.74) is 0. The summed E-state index contributed by atoms with van der Waals surface area (Å²) in [5.74, 6) is 0.867. The van der Waals surface area contributed by atoms with Gasteiger partial charge in [-0.05, 0) is 25.8 Å². The van der Waals surface area contributed by atoms with E-state index in [2.05, 4.69) is 19.2 Å². The molecule has 15 heavy (non-hydrogen) atoms. The molecule has 1 rings (SSSR count). The van der Waals surface area contributed by atoms with E-state index >= 15 is 0 Å².